The number of anilines is 1. The molecule has 4 rings (SSSR count). The first-order valence-corrected chi connectivity index (χ1v) is 11.2. The molecule has 1 fully saturated rings. The molecule has 1 aliphatic rings. The number of aryl methyl sites for hydroxylation is 1. The van der Waals surface area contributed by atoms with Crippen molar-refractivity contribution in [3.05, 3.63) is 71.3 Å². The second-order valence-electron chi connectivity index (χ2n) is 7.77. The fourth-order valence-corrected chi connectivity index (χ4v) is 4.02. The summed E-state index contributed by atoms with van der Waals surface area (Å²) in [6, 6.07) is 11.7. The van der Waals surface area contributed by atoms with Crippen LogP contribution in [0.4, 0.5) is 5.95 Å². The monoisotopic (exact) mass is 440 g/mol. The molecule has 0 spiro atoms. The van der Waals surface area contributed by atoms with Crippen molar-refractivity contribution in [2.45, 2.75) is 18.9 Å². The maximum atomic E-state index is 6.31. The van der Waals surface area contributed by atoms with Crippen molar-refractivity contribution < 1.29 is 4.74 Å². The zero-order chi connectivity index (χ0) is 21.5. The summed E-state index contributed by atoms with van der Waals surface area (Å²) in [5, 5.41) is 5.03. The molecule has 164 valence electrons. The summed E-state index contributed by atoms with van der Waals surface area (Å²) in [5.41, 5.74) is 2.13. The molecule has 31 heavy (non-hydrogen) atoms. The van der Waals surface area contributed by atoms with Gasteiger partial charge in [-0.3, -0.25) is 9.58 Å². The molecule has 2 aromatic heterocycles. The average Bonchev–Trinajstić information content (AvgIpc) is 3.23. The second-order valence-corrected chi connectivity index (χ2v) is 8.20. The van der Waals surface area contributed by atoms with Crippen LogP contribution >= 0.6 is 11.6 Å². The molecule has 0 aliphatic carbocycles. The Hall–Kier alpha value is -2.48. The number of rotatable bonds is 9. The van der Waals surface area contributed by atoms with E-state index in [0.717, 1.165) is 67.8 Å². The molecule has 1 aliphatic heterocycles. The van der Waals surface area contributed by atoms with Crippen molar-refractivity contribution in [1.29, 1.82) is 0 Å². The van der Waals surface area contributed by atoms with Gasteiger partial charge in [0.2, 0.25) is 5.95 Å². The number of halogens is 1. The minimum Gasteiger partial charge on any atom is -0.367 e. The van der Waals surface area contributed by atoms with E-state index in [4.69, 9.17) is 16.3 Å². The summed E-state index contributed by atoms with van der Waals surface area (Å²) in [5.74, 6) is 0.832. The fourth-order valence-electron chi connectivity index (χ4n) is 3.90. The van der Waals surface area contributed by atoms with Crippen LogP contribution in [0.25, 0.3) is 0 Å². The van der Waals surface area contributed by atoms with Crippen LogP contribution in [0, 0.1) is 0 Å². The lowest BCUT2D eigenvalue weighted by Gasteiger charge is -2.34. The summed E-state index contributed by atoms with van der Waals surface area (Å²) in [4.78, 5) is 13.5. The fraction of sp³-hybridized carbons (Fsp3) is 0.435. The van der Waals surface area contributed by atoms with Gasteiger partial charge in [0.25, 0.3) is 0 Å². The molecule has 1 atom stereocenters. The lowest BCUT2D eigenvalue weighted by Crippen LogP contribution is -2.47. The molecular weight excluding hydrogens is 412 g/mol. The Kier molecular flexibility index (Phi) is 7.51. The molecule has 0 amide bonds. The van der Waals surface area contributed by atoms with Crippen LogP contribution in [-0.4, -0.2) is 64.0 Å². The van der Waals surface area contributed by atoms with Gasteiger partial charge >= 0.3 is 0 Å². The third-order valence-corrected chi connectivity index (χ3v) is 5.91. The van der Waals surface area contributed by atoms with E-state index in [-0.39, 0.29) is 6.10 Å². The predicted molar refractivity (Wildman–Crippen MR) is 122 cm³/mol. The number of hydrogen-bond donors (Lipinski definition) is 0. The van der Waals surface area contributed by atoms with Gasteiger partial charge in [0.1, 0.15) is 6.10 Å². The Morgan fingerprint density at radius 1 is 0.968 bits per heavy atom. The molecule has 0 N–H and O–H groups in total. The van der Waals surface area contributed by atoms with Crippen LogP contribution in [0.3, 0.4) is 0 Å². The first-order valence-electron chi connectivity index (χ1n) is 10.8. The Morgan fingerprint density at radius 2 is 1.71 bits per heavy atom. The number of benzene rings is 1. The van der Waals surface area contributed by atoms with Gasteiger partial charge in [-0.1, -0.05) is 23.7 Å². The van der Waals surface area contributed by atoms with Crippen LogP contribution in [0.1, 0.15) is 30.2 Å². The second kappa shape index (κ2) is 10.7. The van der Waals surface area contributed by atoms with E-state index in [1.165, 1.54) is 0 Å². The molecule has 3 heterocycles. The largest absolute Gasteiger partial charge is 0.367 e. The minimum absolute atomic E-state index is 0.140. The van der Waals surface area contributed by atoms with Gasteiger partial charge in [-0.2, -0.15) is 5.10 Å². The van der Waals surface area contributed by atoms with Crippen molar-refractivity contribution >= 4 is 17.5 Å². The maximum absolute atomic E-state index is 6.31. The highest BCUT2D eigenvalue weighted by molar-refractivity contribution is 6.30. The number of aromatic nitrogens is 4. The van der Waals surface area contributed by atoms with E-state index in [2.05, 4.69) is 24.9 Å². The lowest BCUT2D eigenvalue weighted by atomic mass is 10.1. The van der Waals surface area contributed by atoms with E-state index >= 15 is 0 Å². The van der Waals surface area contributed by atoms with Crippen LogP contribution in [-0.2, 0) is 11.8 Å². The zero-order valence-corrected chi connectivity index (χ0v) is 18.7. The molecule has 0 bridgehead atoms. The maximum Gasteiger partial charge on any atom is 0.225 e. The van der Waals surface area contributed by atoms with Crippen LogP contribution in [0.15, 0.2) is 55.0 Å². The molecule has 8 heteroatoms. The van der Waals surface area contributed by atoms with Crippen LogP contribution < -0.4 is 4.90 Å². The summed E-state index contributed by atoms with van der Waals surface area (Å²) in [6.45, 7) is 5.82. The van der Waals surface area contributed by atoms with Gasteiger partial charge in [0.05, 0.1) is 5.69 Å². The quantitative estimate of drug-likeness (QED) is 0.474. The van der Waals surface area contributed by atoms with Gasteiger partial charge in [-0.05, 0) is 49.2 Å². The van der Waals surface area contributed by atoms with E-state index in [9.17, 15) is 0 Å². The van der Waals surface area contributed by atoms with Crippen molar-refractivity contribution in [3.63, 3.8) is 0 Å². The molecule has 0 radical (unpaired) electrons. The molecular formula is C23H29ClN6O. The topological polar surface area (TPSA) is 59.3 Å². The normalized spacial score (nSPS) is 15.9. The number of nitrogens with zero attached hydrogens (tertiary/aromatic N) is 6. The third kappa shape index (κ3) is 5.81. The smallest absolute Gasteiger partial charge is 0.225 e. The lowest BCUT2D eigenvalue weighted by molar-refractivity contribution is 0.0700. The molecule has 1 unspecified atom stereocenters. The summed E-state index contributed by atoms with van der Waals surface area (Å²) < 4.78 is 8.18. The van der Waals surface area contributed by atoms with Gasteiger partial charge in [-0.25, -0.2) is 9.97 Å². The van der Waals surface area contributed by atoms with Crippen molar-refractivity contribution in [3.8, 4) is 0 Å². The van der Waals surface area contributed by atoms with Crippen LogP contribution in [0.5, 0.6) is 0 Å². The highest BCUT2D eigenvalue weighted by Crippen LogP contribution is 2.27. The summed E-state index contributed by atoms with van der Waals surface area (Å²) in [6.07, 6.45) is 7.40. The Balaban J connectivity index is 1.22. The van der Waals surface area contributed by atoms with Gasteiger partial charge in [0, 0.05) is 63.4 Å². The first kappa shape index (κ1) is 21.7. The first-order chi connectivity index (χ1) is 15.2. The van der Waals surface area contributed by atoms with Gasteiger partial charge in [-0.15, -0.1) is 0 Å². The highest BCUT2D eigenvalue weighted by Gasteiger charge is 2.20. The molecule has 1 saturated heterocycles. The SMILES string of the molecule is Cn1nccc1C(OCCCCN1CCN(c2ncccn2)CC1)c1ccc(Cl)cc1. The van der Waals surface area contributed by atoms with Gasteiger partial charge in [0.15, 0.2) is 0 Å². The third-order valence-electron chi connectivity index (χ3n) is 5.66. The van der Waals surface area contributed by atoms with E-state index in [1.54, 1.807) is 12.4 Å². The highest BCUT2D eigenvalue weighted by atomic mass is 35.5. The number of piperazine rings is 1. The van der Waals surface area contributed by atoms with Crippen molar-refractivity contribution in [2.75, 3.05) is 44.2 Å². The van der Waals surface area contributed by atoms with Crippen molar-refractivity contribution in [2.24, 2.45) is 7.05 Å². The van der Waals surface area contributed by atoms with Crippen LogP contribution in [0.2, 0.25) is 5.02 Å². The molecule has 1 aromatic carbocycles. The van der Waals surface area contributed by atoms with Gasteiger partial charge < -0.3 is 9.64 Å². The summed E-state index contributed by atoms with van der Waals surface area (Å²) in [7, 11) is 1.95. The Morgan fingerprint density at radius 3 is 2.39 bits per heavy atom. The van der Waals surface area contributed by atoms with E-state index < -0.39 is 0 Å². The van der Waals surface area contributed by atoms with E-state index in [0.29, 0.717) is 6.61 Å². The number of ether oxygens (including phenoxy) is 1. The standard InChI is InChI=1S/C23H29ClN6O/c1-28-21(9-12-27-28)22(19-5-7-20(24)8-6-19)31-18-3-2-13-29-14-16-30(17-15-29)23-25-10-4-11-26-23/h4-12,22H,2-3,13-18H2,1H3. The zero-order valence-electron chi connectivity index (χ0n) is 17.9. The predicted octanol–water partition coefficient (Wildman–Crippen LogP) is 3.57. The Bertz CT molecular complexity index is 925. The van der Waals surface area contributed by atoms with Crippen molar-refractivity contribution in [1.82, 2.24) is 24.6 Å². The number of unbranched alkanes of at least 4 members (excludes halogenated alkanes) is 1. The molecule has 7 nitrogen and oxygen atoms in total. The minimum atomic E-state index is -0.140. The Labute approximate surface area is 188 Å². The molecule has 3 aromatic rings. The van der Waals surface area contributed by atoms with E-state index in [1.807, 2.05) is 54.3 Å². The summed E-state index contributed by atoms with van der Waals surface area (Å²) >= 11 is 6.06. The average molecular weight is 441 g/mol. The number of hydrogen-bond acceptors (Lipinski definition) is 6. The molecule has 0 saturated carbocycles.